The summed E-state index contributed by atoms with van der Waals surface area (Å²) in [7, 11) is 1.88. The molecule has 0 N–H and O–H groups in total. The number of carbonyl (C=O) groups excluding carboxylic acids is 1. The highest BCUT2D eigenvalue weighted by Crippen LogP contribution is 2.26. The zero-order valence-corrected chi connectivity index (χ0v) is 11.9. The third kappa shape index (κ3) is 3.74. The number of likely N-dealkylation sites (N-methyl/N-ethyl adjacent to an activating group) is 1. The Morgan fingerprint density at radius 2 is 2.19 bits per heavy atom. The molecule has 1 amide bonds. The molecule has 1 saturated heterocycles. The van der Waals surface area contributed by atoms with E-state index in [-0.39, 0.29) is 5.91 Å². The van der Waals surface area contributed by atoms with Crippen molar-refractivity contribution >= 4 is 21.8 Å². The van der Waals surface area contributed by atoms with Crippen molar-refractivity contribution in [3.05, 3.63) is 0 Å². The number of unbranched alkanes of at least 4 members (excludes halogenated alkanes) is 2. The van der Waals surface area contributed by atoms with Gasteiger partial charge in [-0.1, -0.05) is 22.4 Å². The lowest BCUT2D eigenvalue weighted by molar-refractivity contribution is -0.149. The molecule has 1 atom stereocenters. The number of hydrogen-bond donors (Lipinski definition) is 0. The predicted octanol–water partition coefficient (Wildman–Crippen LogP) is 2.58. The van der Waals surface area contributed by atoms with Gasteiger partial charge in [-0.2, -0.15) is 0 Å². The number of halogens is 1. The average molecular weight is 292 g/mol. The van der Waals surface area contributed by atoms with Crippen LogP contribution in [0.5, 0.6) is 0 Å². The Balaban J connectivity index is 2.30. The van der Waals surface area contributed by atoms with E-state index in [1.165, 1.54) is 12.8 Å². The molecule has 0 saturated carbocycles. The predicted molar refractivity (Wildman–Crippen MR) is 68.9 cm³/mol. The van der Waals surface area contributed by atoms with Crippen LogP contribution in [0.3, 0.4) is 0 Å². The number of hydrogen-bond acceptors (Lipinski definition) is 2. The minimum Gasteiger partial charge on any atom is -0.365 e. The fraction of sp³-hybridized carbons (Fsp3) is 0.917. The van der Waals surface area contributed by atoms with Gasteiger partial charge in [0.1, 0.15) is 5.60 Å². The molecule has 0 aromatic rings. The Morgan fingerprint density at radius 1 is 1.44 bits per heavy atom. The minimum atomic E-state index is -0.551. The maximum absolute atomic E-state index is 12.1. The smallest absolute Gasteiger partial charge is 0.254 e. The van der Waals surface area contributed by atoms with Crippen LogP contribution in [0.25, 0.3) is 0 Å². The van der Waals surface area contributed by atoms with Crippen molar-refractivity contribution in [1.82, 2.24) is 4.90 Å². The van der Waals surface area contributed by atoms with Crippen molar-refractivity contribution in [3.63, 3.8) is 0 Å². The maximum atomic E-state index is 12.1. The van der Waals surface area contributed by atoms with E-state index < -0.39 is 5.60 Å². The van der Waals surface area contributed by atoms with Crippen molar-refractivity contribution in [2.24, 2.45) is 0 Å². The van der Waals surface area contributed by atoms with Crippen LogP contribution in [0, 0.1) is 0 Å². The van der Waals surface area contributed by atoms with Crippen LogP contribution in [-0.4, -0.2) is 41.9 Å². The lowest BCUT2D eigenvalue weighted by atomic mass is 10.0. The summed E-state index contributed by atoms with van der Waals surface area (Å²) < 4.78 is 5.55. The Hall–Kier alpha value is -0.0900. The number of alkyl halides is 1. The molecule has 1 heterocycles. The molecule has 0 aliphatic carbocycles. The quantitative estimate of drug-likeness (QED) is 0.556. The third-order valence-corrected chi connectivity index (χ3v) is 3.71. The molecule has 4 heteroatoms. The van der Waals surface area contributed by atoms with E-state index in [1.54, 1.807) is 0 Å². The summed E-state index contributed by atoms with van der Waals surface area (Å²) in [5, 5.41) is 1.05. The third-order valence-electron chi connectivity index (χ3n) is 3.15. The van der Waals surface area contributed by atoms with Gasteiger partial charge in [-0.25, -0.2) is 0 Å². The lowest BCUT2D eigenvalue weighted by Crippen LogP contribution is -2.45. The first-order valence-corrected chi connectivity index (χ1v) is 7.18. The van der Waals surface area contributed by atoms with Crippen molar-refractivity contribution in [3.8, 4) is 0 Å². The van der Waals surface area contributed by atoms with Gasteiger partial charge in [0.15, 0.2) is 0 Å². The molecule has 1 aliphatic heterocycles. The molecule has 0 radical (unpaired) electrons. The highest BCUT2D eigenvalue weighted by molar-refractivity contribution is 9.09. The second-order valence-corrected chi connectivity index (χ2v) is 5.45. The number of amides is 1. The summed E-state index contributed by atoms with van der Waals surface area (Å²) in [5.74, 6) is 0.142. The first kappa shape index (κ1) is 14.0. The van der Waals surface area contributed by atoms with Gasteiger partial charge >= 0.3 is 0 Å². The molecule has 16 heavy (non-hydrogen) atoms. The number of rotatable bonds is 6. The second-order valence-electron chi connectivity index (χ2n) is 4.66. The van der Waals surface area contributed by atoms with E-state index in [0.717, 1.165) is 37.7 Å². The van der Waals surface area contributed by atoms with E-state index in [1.807, 2.05) is 18.9 Å². The van der Waals surface area contributed by atoms with Gasteiger partial charge in [-0.05, 0) is 32.6 Å². The zero-order valence-electron chi connectivity index (χ0n) is 10.3. The SMILES string of the molecule is CN(CCCCCBr)C(=O)C1(C)CCCO1. The van der Waals surface area contributed by atoms with Crippen LogP contribution in [0.4, 0.5) is 0 Å². The molecular weight excluding hydrogens is 270 g/mol. The van der Waals surface area contributed by atoms with E-state index in [2.05, 4.69) is 15.9 Å². The second kappa shape index (κ2) is 6.60. The van der Waals surface area contributed by atoms with Gasteiger partial charge in [-0.3, -0.25) is 4.79 Å². The van der Waals surface area contributed by atoms with Crippen molar-refractivity contribution in [2.45, 2.75) is 44.6 Å². The zero-order chi connectivity index (χ0) is 12.0. The fourth-order valence-corrected chi connectivity index (χ4v) is 2.47. The van der Waals surface area contributed by atoms with Gasteiger partial charge in [0, 0.05) is 25.5 Å². The summed E-state index contributed by atoms with van der Waals surface area (Å²) in [6, 6.07) is 0. The first-order valence-electron chi connectivity index (χ1n) is 6.05. The summed E-state index contributed by atoms with van der Waals surface area (Å²) >= 11 is 3.41. The van der Waals surface area contributed by atoms with Crippen molar-refractivity contribution in [1.29, 1.82) is 0 Å². The molecule has 0 aromatic heterocycles. The number of ether oxygens (including phenoxy) is 1. The molecule has 1 aliphatic rings. The first-order chi connectivity index (χ1) is 7.60. The monoisotopic (exact) mass is 291 g/mol. The van der Waals surface area contributed by atoms with Crippen molar-refractivity contribution < 1.29 is 9.53 Å². The van der Waals surface area contributed by atoms with Gasteiger partial charge in [0.05, 0.1) is 0 Å². The topological polar surface area (TPSA) is 29.5 Å². The van der Waals surface area contributed by atoms with Crippen LogP contribution in [0.2, 0.25) is 0 Å². The number of nitrogens with zero attached hydrogens (tertiary/aromatic N) is 1. The lowest BCUT2D eigenvalue weighted by Gasteiger charge is -2.28. The minimum absolute atomic E-state index is 0.142. The van der Waals surface area contributed by atoms with Gasteiger partial charge in [-0.15, -0.1) is 0 Å². The van der Waals surface area contributed by atoms with Crippen LogP contribution in [-0.2, 0) is 9.53 Å². The average Bonchev–Trinajstić information content (AvgIpc) is 2.71. The summed E-state index contributed by atoms with van der Waals surface area (Å²) in [5.41, 5.74) is -0.551. The molecule has 0 bridgehead atoms. The Labute approximate surface area is 107 Å². The summed E-state index contributed by atoms with van der Waals surface area (Å²) in [6.07, 6.45) is 5.28. The Bertz CT molecular complexity index is 227. The Kier molecular flexibility index (Phi) is 5.76. The summed E-state index contributed by atoms with van der Waals surface area (Å²) in [6.45, 7) is 3.47. The molecule has 1 fully saturated rings. The van der Waals surface area contributed by atoms with Crippen LogP contribution < -0.4 is 0 Å². The molecule has 0 spiro atoms. The van der Waals surface area contributed by atoms with Crippen LogP contribution >= 0.6 is 15.9 Å². The van der Waals surface area contributed by atoms with Crippen LogP contribution in [0.1, 0.15) is 39.0 Å². The van der Waals surface area contributed by atoms with E-state index in [9.17, 15) is 4.79 Å². The van der Waals surface area contributed by atoms with E-state index >= 15 is 0 Å². The largest absolute Gasteiger partial charge is 0.365 e. The fourth-order valence-electron chi connectivity index (χ4n) is 2.07. The van der Waals surface area contributed by atoms with E-state index in [0.29, 0.717) is 0 Å². The van der Waals surface area contributed by atoms with Gasteiger partial charge < -0.3 is 9.64 Å². The molecule has 0 aromatic carbocycles. The molecule has 3 nitrogen and oxygen atoms in total. The van der Waals surface area contributed by atoms with Crippen molar-refractivity contribution in [2.75, 3.05) is 25.5 Å². The Morgan fingerprint density at radius 3 is 2.75 bits per heavy atom. The highest BCUT2D eigenvalue weighted by Gasteiger charge is 2.39. The standard InChI is InChI=1S/C12H22BrNO2/c1-12(7-6-10-16-12)11(15)14(2)9-5-3-4-8-13/h3-10H2,1-2H3. The molecular formula is C12H22BrNO2. The molecule has 1 unspecified atom stereocenters. The summed E-state index contributed by atoms with van der Waals surface area (Å²) in [4.78, 5) is 13.9. The number of carbonyl (C=O) groups is 1. The van der Waals surface area contributed by atoms with Crippen LogP contribution in [0.15, 0.2) is 0 Å². The van der Waals surface area contributed by atoms with Gasteiger partial charge in [0.2, 0.25) is 0 Å². The van der Waals surface area contributed by atoms with Gasteiger partial charge in [0.25, 0.3) is 5.91 Å². The maximum Gasteiger partial charge on any atom is 0.254 e. The normalized spacial score (nSPS) is 24.7. The van der Waals surface area contributed by atoms with E-state index in [4.69, 9.17) is 4.74 Å². The molecule has 94 valence electrons. The highest BCUT2D eigenvalue weighted by atomic mass is 79.9. The molecule has 1 rings (SSSR count).